The zero-order valence-electron chi connectivity index (χ0n) is 7.83. The Labute approximate surface area is 77.7 Å². The van der Waals surface area contributed by atoms with E-state index in [4.69, 9.17) is 13.3 Å². The van der Waals surface area contributed by atoms with E-state index in [-0.39, 0.29) is 0 Å². The summed E-state index contributed by atoms with van der Waals surface area (Å²) in [5.41, 5.74) is 1.22. The van der Waals surface area contributed by atoms with Crippen molar-refractivity contribution in [1.82, 2.24) is 0 Å². The second kappa shape index (κ2) is 4.78. The summed E-state index contributed by atoms with van der Waals surface area (Å²) in [4.78, 5) is 21.3. The van der Waals surface area contributed by atoms with Crippen LogP contribution in [0.15, 0.2) is 12.3 Å². The van der Waals surface area contributed by atoms with Crippen molar-refractivity contribution in [1.29, 1.82) is 0 Å². The van der Waals surface area contributed by atoms with Crippen LogP contribution in [0.5, 0.6) is 0 Å². The highest BCUT2D eigenvalue weighted by molar-refractivity contribution is 6.69. The SMILES string of the molecule is C=C[Si](OC)(OC(C)=O)OC(C)=O. The molecule has 0 bridgehead atoms. The lowest BCUT2D eigenvalue weighted by atomic mass is 10.9. The summed E-state index contributed by atoms with van der Waals surface area (Å²) in [6.07, 6.45) is 0. The van der Waals surface area contributed by atoms with Crippen molar-refractivity contribution in [2.45, 2.75) is 13.8 Å². The average molecular weight is 204 g/mol. The van der Waals surface area contributed by atoms with Crippen LogP contribution in [-0.4, -0.2) is 27.9 Å². The maximum atomic E-state index is 10.7. The van der Waals surface area contributed by atoms with Crippen LogP contribution < -0.4 is 0 Å². The molecule has 0 N–H and O–H groups in total. The van der Waals surface area contributed by atoms with Gasteiger partial charge < -0.3 is 13.3 Å². The number of carbonyl (C=O) groups is 2. The lowest BCUT2D eigenvalue weighted by molar-refractivity contribution is -0.141. The van der Waals surface area contributed by atoms with Gasteiger partial charge in [0.25, 0.3) is 11.9 Å². The molecule has 0 amide bonds. The molecular weight excluding hydrogens is 192 g/mol. The summed E-state index contributed by atoms with van der Waals surface area (Å²) in [6, 6.07) is 0. The Bertz CT molecular complexity index is 209. The molecule has 0 saturated heterocycles. The fourth-order valence-corrected chi connectivity index (χ4v) is 2.01. The molecule has 0 aliphatic heterocycles. The van der Waals surface area contributed by atoms with Gasteiger partial charge in [0.05, 0.1) is 0 Å². The first kappa shape index (κ1) is 11.9. The normalized spacial score (nSPS) is 10.4. The third kappa shape index (κ3) is 3.86. The van der Waals surface area contributed by atoms with Gasteiger partial charge in [-0.25, -0.2) is 0 Å². The first-order valence-electron chi connectivity index (χ1n) is 3.53. The molecule has 0 rings (SSSR count). The van der Waals surface area contributed by atoms with Crippen molar-refractivity contribution in [3.05, 3.63) is 12.3 Å². The van der Waals surface area contributed by atoms with E-state index in [0.717, 1.165) is 0 Å². The van der Waals surface area contributed by atoms with E-state index in [9.17, 15) is 9.59 Å². The molecule has 5 nitrogen and oxygen atoms in total. The largest absolute Gasteiger partial charge is 0.664 e. The van der Waals surface area contributed by atoms with Crippen molar-refractivity contribution in [2.24, 2.45) is 0 Å². The predicted octanol–water partition coefficient (Wildman–Crippen LogP) is 0.423. The summed E-state index contributed by atoms with van der Waals surface area (Å²) in [7, 11) is -2.01. The molecule has 0 aliphatic carbocycles. The van der Waals surface area contributed by atoms with Crippen LogP contribution in [0, 0.1) is 0 Å². The molecule has 0 aromatic rings. The predicted molar refractivity (Wildman–Crippen MR) is 46.5 cm³/mol. The standard InChI is InChI=1S/C7H12O5Si/c1-5-13(10-4,11-6(2)8)12-7(3)9/h5H,1H2,2-4H3. The second-order valence-corrected chi connectivity index (χ2v) is 4.63. The summed E-state index contributed by atoms with van der Waals surface area (Å²) in [5, 5.41) is 0. The van der Waals surface area contributed by atoms with Crippen LogP contribution in [0.1, 0.15) is 13.8 Å². The Morgan fingerprint density at radius 3 is 1.77 bits per heavy atom. The van der Waals surface area contributed by atoms with Crippen LogP contribution in [0.25, 0.3) is 0 Å². The molecule has 74 valence electrons. The van der Waals surface area contributed by atoms with Crippen molar-refractivity contribution in [3.63, 3.8) is 0 Å². The Kier molecular flexibility index (Phi) is 4.36. The van der Waals surface area contributed by atoms with Crippen molar-refractivity contribution in [3.8, 4) is 0 Å². The Hall–Kier alpha value is -1.14. The molecule has 0 fully saturated rings. The number of hydrogen-bond acceptors (Lipinski definition) is 5. The van der Waals surface area contributed by atoms with Gasteiger partial charge in [-0.1, -0.05) is 6.58 Å². The van der Waals surface area contributed by atoms with Gasteiger partial charge in [-0.05, 0) is 0 Å². The van der Waals surface area contributed by atoms with Crippen LogP contribution in [0.3, 0.4) is 0 Å². The van der Waals surface area contributed by atoms with Crippen LogP contribution in [0.2, 0.25) is 0 Å². The van der Waals surface area contributed by atoms with Crippen molar-refractivity contribution < 1.29 is 22.9 Å². The lowest BCUT2D eigenvalue weighted by Crippen LogP contribution is -2.45. The average Bonchev–Trinajstić information content (AvgIpc) is 2.01. The van der Waals surface area contributed by atoms with Gasteiger partial charge in [-0.3, -0.25) is 9.59 Å². The van der Waals surface area contributed by atoms with Gasteiger partial charge in [0.2, 0.25) is 0 Å². The zero-order chi connectivity index (χ0) is 10.5. The zero-order valence-corrected chi connectivity index (χ0v) is 8.83. The van der Waals surface area contributed by atoms with E-state index in [2.05, 4.69) is 6.58 Å². The van der Waals surface area contributed by atoms with Gasteiger partial charge >= 0.3 is 8.80 Å². The summed E-state index contributed by atoms with van der Waals surface area (Å²) < 4.78 is 14.4. The monoisotopic (exact) mass is 204 g/mol. The molecule has 0 saturated carbocycles. The van der Waals surface area contributed by atoms with E-state index < -0.39 is 20.7 Å². The Morgan fingerprint density at radius 1 is 1.23 bits per heavy atom. The minimum Gasteiger partial charge on any atom is -0.461 e. The number of hydrogen-bond donors (Lipinski definition) is 0. The van der Waals surface area contributed by atoms with Gasteiger partial charge in [0.15, 0.2) is 0 Å². The third-order valence-corrected chi connectivity index (χ3v) is 3.32. The molecule has 0 aromatic carbocycles. The quantitative estimate of drug-likeness (QED) is 0.621. The Balaban J connectivity index is 4.58. The molecule has 0 radical (unpaired) electrons. The molecule has 0 atom stereocenters. The number of rotatable bonds is 4. The first-order valence-corrected chi connectivity index (χ1v) is 5.34. The molecule has 6 heteroatoms. The van der Waals surface area contributed by atoms with Crippen molar-refractivity contribution in [2.75, 3.05) is 7.11 Å². The van der Waals surface area contributed by atoms with E-state index >= 15 is 0 Å². The molecule has 0 spiro atoms. The minimum absolute atomic E-state index is 0.574. The van der Waals surface area contributed by atoms with E-state index in [0.29, 0.717) is 0 Å². The topological polar surface area (TPSA) is 61.8 Å². The first-order chi connectivity index (χ1) is 5.95. The highest BCUT2D eigenvalue weighted by Crippen LogP contribution is 2.10. The highest BCUT2D eigenvalue weighted by Gasteiger charge is 2.43. The maximum absolute atomic E-state index is 10.7. The molecular formula is C7H12O5Si. The van der Waals surface area contributed by atoms with Crippen molar-refractivity contribution >= 4 is 20.7 Å². The molecule has 0 unspecified atom stereocenters. The van der Waals surface area contributed by atoms with Gasteiger partial charge in [-0.2, -0.15) is 0 Å². The molecule has 0 aromatic heterocycles. The third-order valence-electron chi connectivity index (χ3n) is 1.11. The molecule has 13 heavy (non-hydrogen) atoms. The van der Waals surface area contributed by atoms with Gasteiger partial charge in [0, 0.05) is 26.7 Å². The smallest absolute Gasteiger partial charge is 0.461 e. The van der Waals surface area contributed by atoms with Crippen LogP contribution in [0.4, 0.5) is 0 Å². The lowest BCUT2D eigenvalue weighted by Gasteiger charge is -2.21. The van der Waals surface area contributed by atoms with Gasteiger partial charge in [0.1, 0.15) is 0 Å². The fourth-order valence-electron chi connectivity index (χ4n) is 0.672. The van der Waals surface area contributed by atoms with Crippen LogP contribution in [-0.2, 0) is 22.9 Å². The summed E-state index contributed by atoms with van der Waals surface area (Å²) in [5.74, 6) is -1.15. The van der Waals surface area contributed by atoms with Gasteiger partial charge in [-0.15, -0.1) is 0 Å². The fraction of sp³-hybridized carbons (Fsp3) is 0.429. The molecule has 0 aliphatic rings. The number of carbonyl (C=O) groups excluding carboxylic acids is 2. The molecule has 0 heterocycles. The van der Waals surface area contributed by atoms with E-state index in [1.54, 1.807) is 0 Å². The summed E-state index contributed by atoms with van der Waals surface area (Å²) >= 11 is 0. The van der Waals surface area contributed by atoms with E-state index in [1.807, 2.05) is 0 Å². The highest BCUT2D eigenvalue weighted by atomic mass is 28.4. The summed E-state index contributed by atoms with van der Waals surface area (Å²) in [6.45, 7) is 5.80. The maximum Gasteiger partial charge on any atom is 0.664 e. The van der Waals surface area contributed by atoms with E-state index in [1.165, 1.54) is 26.7 Å². The second-order valence-electron chi connectivity index (χ2n) is 2.20. The Morgan fingerprint density at radius 2 is 1.62 bits per heavy atom. The minimum atomic E-state index is -3.30. The van der Waals surface area contributed by atoms with Crippen LogP contribution >= 0.6 is 0 Å².